The van der Waals surface area contributed by atoms with Crippen LogP contribution in [-0.4, -0.2) is 73.8 Å². The first-order valence-electron chi connectivity index (χ1n) is 10.8. The second-order valence-corrected chi connectivity index (χ2v) is 7.87. The molecule has 0 spiro atoms. The number of thiocarbonyl (C=S) groups is 1. The largest absolute Gasteiger partial charge is 0.493 e. The van der Waals surface area contributed by atoms with E-state index in [0.29, 0.717) is 48.9 Å². The summed E-state index contributed by atoms with van der Waals surface area (Å²) in [4.78, 5) is 39.4. The Hall–Kier alpha value is -3.93. The van der Waals surface area contributed by atoms with Gasteiger partial charge in [-0.05, 0) is 49.5 Å². The molecule has 0 saturated carbocycles. The standard InChI is InChI=1S/C23H26N4O7S/c1-4-34-22(29)16-5-7-17(18(13-16)27(30)31)25-9-11-26(12-10-25)23(35)24-21(28)15-6-8-19(32-2)20(14-15)33-3/h5-8,13-14H,4,9-12H2,1-3H3,(H,24,28,35). The number of benzene rings is 2. The Morgan fingerprint density at radius 1 is 1.03 bits per heavy atom. The third-order valence-electron chi connectivity index (χ3n) is 5.46. The summed E-state index contributed by atoms with van der Waals surface area (Å²) in [5, 5.41) is 14.6. The summed E-state index contributed by atoms with van der Waals surface area (Å²) in [5.74, 6) is -0.0616. The zero-order valence-corrected chi connectivity index (χ0v) is 20.4. The van der Waals surface area contributed by atoms with E-state index in [1.807, 2.05) is 9.80 Å². The molecular weight excluding hydrogens is 476 g/mol. The van der Waals surface area contributed by atoms with Gasteiger partial charge in [-0.1, -0.05) is 0 Å². The third-order valence-corrected chi connectivity index (χ3v) is 5.82. The molecule has 0 radical (unpaired) electrons. The quantitative estimate of drug-likeness (QED) is 0.262. The van der Waals surface area contributed by atoms with Crippen LogP contribution in [0.5, 0.6) is 11.5 Å². The first-order chi connectivity index (χ1) is 16.8. The predicted octanol–water partition coefficient (Wildman–Crippen LogP) is 2.63. The van der Waals surface area contributed by atoms with E-state index in [1.54, 1.807) is 31.2 Å². The van der Waals surface area contributed by atoms with Crippen LogP contribution < -0.4 is 19.7 Å². The van der Waals surface area contributed by atoms with Crippen molar-refractivity contribution < 1.29 is 28.7 Å². The number of amides is 1. The number of ether oxygens (including phenoxy) is 3. The summed E-state index contributed by atoms with van der Waals surface area (Å²) in [6.07, 6.45) is 0. The van der Waals surface area contributed by atoms with Gasteiger partial charge < -0.3 is 24.0 Å². The minimum atomic E-state index is -0.609. The molecular formula is C23H26N4O7S. The first-order valence-corrected chi connectivity index (χ1v) is 11.2. The molecule has 1 aliphatic rings. The van der Waals surface area contributed by atoms with Crippen molar-refractivity contribution in [2.45, 2.75) is 6.92 Å². The number of nitro groups is 1. The number of esters is 1. The molecule has 1 amide bonds. The van der Waals surface area contributed by atoms with E-state index in [4.69, 9.17) is 26.4 Å². The molecule has 1 saturated heterocycles. The van der Waals surface area contributed by atoms with Crippen LogP contribution >= 0.6 is 12.2 Å². The number of hydrogen-bond acceptors (Lipinski definition) is 9. The molecule has 1 fully saturated rings. The molecule has 1 N–H and O–H groups in total. The maximum absolute atomic E-state index is 12.7. The van der Waals surface area contributed by atoms with Crippen molar-refractivity contribution in [3.8, 4) is 11.5 Å². The number of methoxy groups -OCH3 is 2. The van der Waals surface area contributed by atoms with Crippen molar-refractivity contribution in [3.05, 3.63) is 57.6 Å². The lowest BCUT2D eigenvalue weighted by Gasteiger charge is -2.37. The normalized spacial score (nSPS) is 13.1. The zero-order valence-electron chi connectivity index (χ0n) is 19.6. The molecule has 11 nitrogen and oxygen atoms in total. The highest BCUT2D eigenvalue weighted by Crippen LogP contribution is 2.31. The number of hydrogen-bond donors (Lipinski definition) is 1. The van der Waals surface area contributed by atoms with Gasteiger partial charge in [-0.25, -0.2) is 4.79 Å². The smallest absolute Gasteiger partial charge is 0.338 e. The number of rotatable bonds is 7. The minimum absolute atomic E-state index is 0.125. The van der Waals surface area contributed by atoms with Crippen molar-refractivity contribution in [2.75, 3.05) is 51.9 Å². The number of anilines is 1. The SMILES string of the molecule is CCOC(=O)c1ccc(N2CCN(C(=S)NC(=O)c3ccc(OC)c(OC)c3)CC2)c([N+](=O)[O-])c1. The topological polar surface area (TPSA) is 123 Å². The van der Waals surface area contributed by atoms with Crippen LogP contribution in [0.4, 0.5) is 11.4 Å². The molecule has 0 unspecified atom stereocenters. The fraction of sp³-hybridized carbons (Fsp3) is 0.348. The van der Waals surface area contributed by atoms with Crippen molar-refractivity contribution in [2.24, 2.45) is 0 Å². The van der Waals surface area contributed by atoms with Gasteiger partial charge in [0.1, 0.15) is 5.69 Å². The van der Waals surface area contributed by atoms with E-state index in [1.165, 1.54) is 26.4 Å². The van der Waals surface area contributed by atoms with Crippen molar-refractivity contribution in [3.63, 3.8) is 0 Å². The van der Waals surface area contributed by atoms with E-state index in [-0.39, 0.29) is 28.9 Å². The molecule has 1 aliphatic heterocycles. The van der Waals surface area contributed by atoms with E-state index >= 15 is 0 Å². The summed E-state index contributed by atoms with van der Waals surface area (Å²) in [5.41, 5.74) is 0.720. The van der Waals surface area contributed by atoms with Crippen LogP contribution in [0.3, 0.4) is 0 Å². The van der Waals surface area contributed by atoms with Gasteiger partial charge >= 0.3 is 5.97 Å². The number of carbonyl (C=O) groups excluding carboxylic acids is 2. The van der Waals surface area contributed by atoms with E-state index in [2.05, 4.69) is 5.32 Å². The lowest BCUT2D eigenvalue weighted by Crippen LogP contribution is -2.52. The molecule has 186 valence electrons. The summed E-state index contributed by atoms with van der Waals surface area (Å²) < 4.78 is 15.4. The van der Waals surface area contributed by atoms with Crippen molar-refractivity contribution in [1.82, 2.24) is 10.2 Å². The predicted molar refractivity (Wildman–Crippen MR) is 132 cm³/mol. The molecule has 0 atom stereocenters. The highest BCUT2D eigenvalue weighted by Gasteiger charge is 2.27. The van der Waals surface area contributed by atoms with Crippen LogP contribution in [0, 0.1) is 10.1 Å². The maximum Gasteiger partial charge on any atom is 0.338 e. The van der Waals surface area contributed by atoms with Crippen molar-refractivity contribution in [1.29, 1.82) is 0 Å². The molecule has 0 aromatic heterocycles. The Morgan fingerprint density at radius 2 is 1.69 bits per heavy atom. The van der Waals surface area contributed by atoms with Gasteiger partial charge in [-0.2, -0.15) is 0 Å². The first kappa shape index (κ1) is 25.7. The Balaban J connectivity index is 1.64. The zero-order chi connectivity index (χ0) is 25.5. The number of carbonyl (C=O) groups is 2. The van der Waals surface area contributed by atoms with Gasteiger partial charge in [0.05, 0.1) is 31.3 Å². The van der Waals surface area contributed by atoms with Gasteiger partial charge in [0.2, 0.25) is 0 Å². The van der Waals surface area contributed by atoms with Crippen LogP contribution in [0.25, 0.3) is 0 Å². The number of piperazine rings is 1. The summed E-state index contributed by atoms with van der Waals surface area (Å²) in [6, 6.07) is 9.10. The van der Waals surface area contributed by atoms with Gasteiger partial charge in [-0.3, -0.25) is 20.2 Å². The lowest BCUT2D eigenvalue weighted by atomic mass is 10.1. The number of nitro benzene ring substituents is 1. The molecule has 1 heterocycles. The van der Waals surface area contributed by atoms with E-state index < -0.39 is 10.9 Å². The minimum Gasteiger partial charge on any atom is -0.493 e. The van der Waals surface area contributed by atoms with Gasteiger partial charge in [0.15, 0.2) is 16.6 Å². The maximum atomic E-state index is 12.7. The summed E-state index contributed by atoms with van der Waals surface area (Å²) >= 11 is 5.41. The Bertz CT molecular complexity index is 1130. The number of nitrogens with zero attached hydrogens (tertiary/aromatic N) is 3. The molecule has 35 heavy (non-hydrogen) atoms. The van der Waals surface area contributed by atoms with Gasteiger partial charge in [0.25, 0.3) is 11.6 Å². The second kappa shape index (κ2) is 11.5. The summed E-state index contributed by atoms with van der Waals surface area (Å²) in [7, 11) is 2.99. The number of nitrogens with one attached hydrogen (secondary N) is 1. The van der Waals surface area contributed by atoms with Crippen LogP contribution in [0.1, 0.15) is 27.6 Å². The fourth-order valence-electron chi connectivity index (χ4n) is 3.65. The highest BCUT2D eigenvalue weighted by molar-refractivity contribution is 7.80. The second-order valence-electron chi connectivity index (χ2n) is 7.48. The molecule has 2 aromatic carbocycles. The molecule has 2 aromatic rings. The fourth-order valence-corrected chi connectivity index (χ4v) is 3.93. The van der Waals surface area contributed by atoms with E-state index in [9.17, 15) is 19.7 Å². The Kier molecular flexibility index (Phi) is 8.42. The van der Waals surface area contributed by atoms with Gasteiger partial charge in [0, 0.05) is 37.8 Å². The molecule has 12 heteroatoms. The molecule has 0 aliphatic carbocycles. The van der Waals surface area contributed by atoms with Crippen LogP contribution in [0.15, 0.2) is 36.4 Å². The van der Waals surface area contributed by atoms with E-state index in [0.717, 1.165) is 0 Å². The van der Waals surface area contributed by atoms with Crippen LogP contribution in [0.2, 0.25) is 0 Å². The third kappa shape index (κ3) is 5.96. The molecule has 3 rings (SSSR count). The lowest BCUT2D eigenvalue weighted by molar-refractivity contribution is -0.384. The molecule has 0 bridgehead atoms. The van der Waals surface area contributed by atoms with Crippen molar-refractivity contribution >= 4 is 40.6 Å². The van der Waals surface area contributed by atoms with Crippen LogP contribution in [-0.2, 0) is 4.74 Å². The Labute approximate surface area is 207 Å². The summed E-state index contributed by atoms with van der Waals surface area (Å²) in [6.45, 7) is 3.61. The van der Waals surface area contributed by atoms with Gasteiger partial charge in [-0.15, -0.1) is 0 Å². The highest BCUT2D eigenvalue weighted by atomic mass is 32.1. The average Bonchev–Trinajstić information content (AvgIpc) is 2.87. The Morgan fingerprint density at radius 3 is 2.29 bits per heavy atom. The monoisotopic (exact) mass is 502 g/mol. The average molecular weight is 503 g/mol.